The fraction of sp³-hybridized carbons (Fsp3) is 0.278. The molecule has 1 amide bonds. The van der Waals surface area contributed by atoms with Crippen LogP contribution in [0.2, 0.25) is 0 Å². The first kappa shape index (κ1) is 16.1. The Hall–Kier alpha value is -2.73. The van der Waals surface area contributed by atoms with Crippen LogP contribution in [-0.2, 0) is 11.3 Å². The van der Waals surface area contributed by atoms with Gasteiger partial charge >= 0.3 is 0 Å². The van der Waals surface area contributed by atoms with E-state index in [1.165, 1.54) is 0 Å². The third-order valence-corrected chi connectivity index (χ3v) is 3.50. The van der Waals surface area contributed by atoms with Crippen molar-refractivity contribution in [1.82, 2.24) is 5.32 Å². The molecule has 2 N–H and O–H groups in total. The molecule has 0 bridgehead atoms. The fourth-order valence-corrected chi connectivity index (χ4v) is 2.38. The smallest absolute Gasteiger partial charge is 0.238 e. The quantitative estimate of drug-likeness (QED) is 0.817. The molecule has 0 aliphatic carbocycles. The summed E-state index contributed by atoms with van der Waals surface area (Å²) in [4.78, 5) is 12.0. The molecule has 2 aromatic carbocycles. The number of carbonyl (C=O) groups is 1. The van der Waals surface area contributed by atoms with E-state index in [2.05, 4.69) is 10.6 Å². The number of amides is 1. The molecule has 0 atom stereocenters. The predicted octanol–water partition coefficient (Wildman–Crippen LogP) is 2.54. The highest BCUT2D eigenvalue weighted by atomic mass is 16.7. The number of benzene rings is 2. The maximum atomic E-state index is 12.0. The van der Waals surface area contributed by atoms with E-state index in [1.54, 1.807) is 0 Å². The van der Waals surface area contributed by atoms with Crippen LogP contribution in [0.15, 0.2) is 42.5 Å². The number of nitrogens with one attached hydrogen (secondary N) is 2. The van der Waals surface area contributed by atoms with Crippen LogP contribution in [-0.4, -0.2) is 25.9 Å². The van der Waals surface area contributed by atoms with Gasteiger partial charge in [0.15, 0.2) is 11.5 Å². The van der Waals surface area contributed by atoms with Crippen LogP contribution < -0.4 is 24.8 Å². The van der Waals surface area contributed by atoms with Crippen molar-refractivity contribution < 1.29 is 19.0 Å². The maximum absolute atomic E-state index is 12.0. The van der Waals surface area contributed by atoms with Crippen molar-refractivity contribution in [1.29, 1.82) is 0 Å². The molecule has 1 heterocycles. The molecule has 1 aliphatic rings. The zero-order chi connectivity index (χ0) is 16.8. The minimum atomic E-state index is -0.0973. The molecule has 0 saturated heterocycles. The summed E-state index contributed by atoms with van der Waals surface area (Å²) in [7, 11) is 0. The third-order valence-electron chi connectivity index (χ3n) is 3.50. The van der Waals surface area contributed by atoms with Crippen molar-refractivity contribution in [3.05, 3.63) is 48.0 Å². The van der Waals surface area contributed by atoms with Crippen LogP contribution in [0.5, 0.6) is 17.2 Å². The minimum Gasteiger partial charge on any atom is -0.494 e. The van der Waals surface area contributed by atoms with Gasteiger partial charge in [-0.2, -0.15) is 0 Å². The lowest BCUT2D eigenvalue weighted by molar-refractivity contribution is -0.115. The summed E-state index contributed by atoms with van der Waals surface area (Å²) in [5, 5.41) is 5.95. The van der Waals surface area contributed by atoms with Gasteiger partial charge in [0, 0.05) is 12.2 Å². The van der Waals surface area contributed by atoms with E-state index in [0.717, 1.165) is 28.5 Å². The first-order valence-corrected chi connectivity index (χ1v) is 7.86. The van der Waals surface area contributed by atoms with E-state index in [-0.39, 0.29) is 19.2 Å². The monoisotopic (exact) mass is 328 g/mol. The van der Waals surface area contributed by atoms with Gasteiger partial charge in [-0.3, -0.25) is 4.79 Å². The molecule has 0 saturated carbocycles. The fourth-order valence-electron chi connectivity index (χ4n) is 2.38. The van der Waals surface area contributed by atoms with Gasteiger partial charge in [-0.1, -0.05) is 6.07 Å². The second kappa shape index (κ2) is 7.70. The maximum Gasteiger partial charge on any atom is 0.238 e. The van der Waals surface area contributed by atoms with Crippen molar-refractivity contribution in [3.63, 3.8) is 0 Å². The van der Waals surface area contributed by atoms with Gasteiger partial charge in [0.1, 0.15) is 5.75 Å². The Morgan fingerprint density at radius 3 is 2.71 bits per heavy atom. The van der Waals surface area contributed by atoms with E-state index in [0.29, 0.717) is 13.2 Å². The Labute approximate surface area is 140 Å². The van der Waals surface area contributed by atoms with Crippen molar-refractivity contribution in [2.75, 3.05) is 25.3 Å². The molecule has 0 spiro atoms. The second-order valence-corrected chi connectivity index (χ2v) is 5.30. The minimum absolute atomic E-state index is 0.0973. The summed E-state index contributed by atoms with van der Waals surface area (Å²) in [6.07, 6.45) is 0. The molecule has 0 aromatic heterocycles. The standard InChI is InChI=1S/C18H20N2O4/c1-2-22-15-6-4-14(5-7-15)20-18(21)11-19-10-13-3-8-16-17(9-13)24-12-23-16/h3-9,19H,2,10-12H2,1H3,(H,20,21). The van der Waals surface area contributed by atoms with E-state index in [1.807, 2.05) is 49.4 Å². The summed E-state index contributed by atoms with van der Waals surface area (Å²) in [6, 6.07) is 13.0. The third kappa shape index (κ3) is 4.17. The summed E-state index contributed by atoms with van der Waals surface area (Å²) in [5.41, 5.74) is 1.78. The lowest BCUT2D eigenvalue weighted by atomic mass is 10.2. The van der Waals surface area contributed by atoms with Gasteiger partial charge < -0.3 is 24.8 Å². The summed E-state index contributed by atoms with van der Waals surface area (Å²) in [5.74, 6) is 2.19. The number of hydrogen-bond acceptors (Lipinski definition) is 5. The SMILES string of the molecule is CCOc1ccc(NC(=O)CNCc2ccc3c(c2)OCO3)cc1. The molecule has 6 heteroatoms. The van der Waals surface area contributed by atoms with Gasteiger partial charge in [0.25, 0.3) is 0 Å². The molecule has 0 fully saturated rings. The van der Waals surface area contributed by atoms with Gasteiger partial charge in [0.2, 0.25) is 12.7 Å². The topological polar surface area (TPSA) is 68.8 Å². The zero-order valence-electron chi connectivity index (χ0n) is 13.5. The van der Waals surface area contributed by atoms with Crippen LogP contribution in [0.25, 0.3) is 0 Å². The molecule has 0 radical (unpaired) electrons. The van der Waals surface area contributed by atoms with Crippen molar-refractivity contribution in [3.8, 4) is 17.2 Å². The number of ether oxygens (including phenoxy) is 3. The summed E-state index contributed by atoms with van der Waals surface area (Å²) >= 11 is 0. The van der Waals surface area contributed by atoms with E-state index in [9.17, 15) is 4.79 Å². The van der Waals surface area contributed by atoms with Crippen molar-refractivity contribution in [2.45, 2.75) is 13.5 Å². The van der Waals surface area contributed by atoms with Crippen molar-refractivity contribution in [2.24, 2.45) is 0 Å². The van der Waals surface area contributed by atoms with E-state index >= 15 is 0 Å². The lowest BCUT2D eigenvalue weighted by Crippen LogP contribution is -2.27. The van der Waals surface area contributed by atoms with Gasteiger partial charge in [-0.15, -0.1) is 0 Å². The average molecular weight is 328 g/mol. The largest absolute Gasteiger partial charge is 0.494 e. The first-order chi connectivity index (χ1) is 11.7. The zero-order valence-corrected chi connectivity index (χ0v) is 13.5. The Morgan fingerprint density at radius 1 is 1.12 bits per heavy atom. The number of carbonyl (C=O) groups excluding carboxylic acids is 1. The highest BCUT2D eigenvalue weighted by Crippen LogP contribution is 2.32. The van der Waals surface area contributed by atoms with Crippen molar-refractivity contribution >= 4 is 11.6 Å². The molecular weight excluding hydrogens is 308 g/mol. The van der Waals surface area contributed by atoms with E-state index in [4.69, 9.17) is 14.2 Å². The number of fused-ring (bicyclic) bond motifs is 1. The van der Waals surface area contributed by atoms with Crippen LogP contribution in [0.1, 0.15) is 12.5 Å². The van der Waals surface area contributed by atoms with Gasteiger partial charge in [0.05, 0.1) is 13.2 Å². The molecule has 126 valence electrons. The highest BCUT2D eigenvalue weighted by Gasteiger charge is 2.13. The molecular formula is C18H20N2O4. The van der Waals surface area contributed by atoms with Crippen LogP contribution >= 0.6 is 0 Å². The Balaban J connectivity index is 1.44. The Morgan fingerprint density at radius 2 is 1.92 bits per heavy atom. The molecule has 1 aliphatic heterocycles. The Bertz CT molecular complexity index is 701. The van der Waals surface area contributed by atoms with Crippen LogP contribution in [0.3, 0.4) is 0 Å². The van der Waals surface area contributed by atoms with E-state index < -0.39 is 0 Å². The van der Waals surface area contributed by atoms with Crippen LogP contribution in [0.4, 0.5) is 5.69 Å². The lowest BCUT2D eigenvalue weighted by Gasteiger charge is -2.08. The Kier molecular flexibility index (Phi) is 5.18. The molecule has 6 nitrogen and oxygen atoms in total. The second-order valence-electron chi connectivity index (χ2n) is 5.30. The molecule has 0 unspecified atom stereocenters. The van der Waals surface area contributed by atoms with Gasteiger partial charge in [-0.05, 0) is 48.9 Å². The average Bonchev–Trinajstić information content (AvgIpc) is 3.05. The number of anilines is 1. The normalized spacial score (nSPS) is 12.0. The molecule has 2 aromatic rings. The highest BCUT2D eigenvalue weighted by molar-refractivity contribution is 5.92. The summed E-state index contributed by atoms with van der Waals surface area (Å²) in [6.45, 7) is 3.61. The predicted molar refractivity (Wildman–Crippen MR) is 90.5 cm³/mol. The number of hydrogen-bond donors (Lipinski definition) is 2. The molecule has 24 heavy (non-hydrogen) atoms. The summed E-state index contributed by atoms with van der Waals surface area (Å²) < 4.78 is 16.0. The van der Waals surface area contributed by atoms with Gasteiger partial charge in [-0.25, -0.2) is 0 Å². The molecule has 3 rings (SSSR count). The van der Waals surface area contributed by atoms with Crippen LogP contribution in [0, 0.1) is 0 Å². The number of rotatable bonds is 7. The first-order valence-electron chi connectivity index (χ1n) is 7.86.